The van der Waals surface area contributed by atoms with Gasteiger partial charge in [0.15, 0.2) is 11.6 Å². The summed E-state index contributed by atoms with van der Waals surface area (Å²) in [4.78, 5) is 28.1. The van der Waals surface area contributed by atoms with E-state index in [0.717, 1.165) is 47.0 Å². The summed E-state index contributed by atoms with van der Waals surface area (Å²) in [6.45, 7) is 3.89. The number of carbonyl (C=O) groups excluding carboxylic acids is 2. The number of aromatic amines is 1. The van der Waals surface area contributed by atoms with Gasteiger partial charge in [-0.1, -0.05) is 72.6 Å². The molecule has 5 heteroatoms. The number of hydrogen-bond donors (Lipinski definition) is 1. The largest absolute Gasteiger partial charge is 0.357 e. The maximum Gasteiger partial charge on any atom is 0.162 e. The smallest absolute Gasteiger partial charge is 0.162 e. The Balaban J connectivity index is 1.37. The van der Waals surface area contributed by atoms with Gasteiger partial charge in [-0.15, -0.1) is 0 Å². The lowest BCUT2D eigenvalue weighted by Crippen LogP contribution is -2.00. The molecule has 4 aromatic rings. The van der Waals surface area contributed by atoms with Crippen molar-refractivity contribution in [2.24, 2.45) is 0 Å². The number of carbonyl (C=O) groups is 2. The molecule has 0 aliphatic rings. The zero-order valence-electron chi connectivity index (χ0n) is 19.4. The van der Waals surface area contributed by atoms with Crippen molar-refractivity contribution in [1.82, 2.24) is 4.98 Å². The summed E-state index contributed by atoms with van der Waals surface area (Å²) in [5.41, 5.74) is 6.51. The number of fused-ring (bicyclic) bond motifs is 1. The Kier molecular flexibility index (Phi) is 7.55. The van der Waals surface area contributed by atoms with Crippen LogP contribution in [0, 0.1) is 6.92 Å². The second-order valence-electron chi connectivity index (χ2n) is 8.57. The Bertz CT molecular complexity index is 1350. The molecule has 3 aromatic carbocycles. The van der Waals surface area contributed by atoms with Crippen LogP contribution in [-0.2, 0) is 6.42 Å². The Hall–Kier alpha value is -2.88. The Morgan fingerprint density at radius 3 is 2.29 bits per heavy atom. The summed E-state index contributed by atoms with van der Waals surface area (Å²) in [5, 5.41) is 2.34. The number of halogens is 2. The molecule has 1 heterocycles. The molecule has 0 aliphatic heterocycles. The van der Waals surface area contributed by atoms with E-state index in [9.17, 15) is 9.59 Å². The molecule has 4 rings (SSSR count). The fourth-order valence-corrected chi connectivity index (χ4v) is 4.86. The van der Waals surface area contributed by atoms with Crippen LogP contribution in [0.15, 0.2) is 60.7 Å². The second-order valence-corrected chi connectivity index (χ2v) is 9.39. The topological polar surface area (TPSA) is 49.9 Å². The molecular formula is C29H27Cl2NO2. The van der Waals surface area contributed by atoms with Gasteiger partial charge in [0.05, 0.1) is 15.6 Å². The predicted octanol–water partition coefficient (Wildman–Crippen LogP) is 8.64. The van der Waals surface area contributed by atoms with Crippen LogP contribution >= 0.6 is 23.2 Å². The number of benzene rings is 3. The van der Waals surface area contributed by atoms with E-state index in [1.165, 1.54) is 5.56 Å². The summed E-state index contributed by atoms with van der Waals surface area (Å²) in [6, 6.07) is 18.9. The van der Waals surface area contributed by atoms with E-state index in [1.807, 2.05) is 68.4 Å². The molecule has 0 unspecified atom stereocenters. The van der Waals surface area contributed by atoms with Crippen LogP contribution in [0.5, 0.6) is 0 Å². The summed E-state index contributed by atoms with van der Waals surface area (Å²) in [6.07, 6.45) is 3.50. The molecule has 0 aliphatic carbocycles. The number of hydrogen-bond acceptors (Lipinski definition) is 2. The van der Waals surface area contributed by atoms with E-state index in [2.05, 4.69) is 4.98 Å². The van der Waals surface area contributed by atoms with Crippen molar-refractivity contribution in [3.05, 3.63) is 93.1 Å². The van der Waals surface area contributed by atoms with E-state index < -0.39 is 0 Å². The van der Waals surface area contributed by atoms with Crippen LogP contribution in [0.2, 0.25) is 10.0 Å². The van der Waals surface area contributed by atoms with E-state index in [4.69, 9.17) is 23.2 Å². The fraction of sp³-hybridized carbons (Fsp3) is 0.241. The molecule has 0 atom stereocenters. The minimum absolute atomic E-state index is 0.127. The first kappa shape index (κ1) is 24.3. The average Bonchev–Trinajstić information content (AvgIpc) is 3.20. The lowest BCUT2D eigenvalue weighted by Gasteiger charge is -2.07. The Morgan fingerprint density at radius 1 is 0.824 bits per heavy atom. The van der Waals surface area contributed by atoms with Crippen molar-refractivity contribution >= 4 is 45.7 Å². The van der Waals surface area contributed by atoms with Crippen molar-refractivity contribution in [3.63, 3.8) is 0 Å². The molecule has 0 spiro atoms. The van der Waals surface area contributed by atoms with Crippen LogP contribution in [0.4, 0.5) is 0 Å². The van der Waals surface area contributed by atoms with Gasteiger partial charge in [-0.25, -0.2) is 0 Å². The van der Waals surface area contributed by atoms with E-state index in [1.54, 1.807) is 6.07 Å². The number of ketones is 2. The highest BCUT2D eigenvalue weighted by atomic mass is 35.5. The van der Waals surface area contributed by atoms with Crippen LogP contribution < -0.4 is 0 Å². The van der Waals surface area contributed by atoms with Crippen molar-refractivity contribution in [1.29, 1.82) is 0 Å². The number of rotatable bonds is 9. The Morgan fingerprint density at radius 2 is 1.56 bits per heavy atom. The highest BCUT2D eigenvalue weighted by molar-refractivity contribution is 6.40. The quantitative estimate of drug-likeness (QED) is 0.188. The van der Waals surface area contributed by atoms with Gasteiger partial charge in [0, 0.05) is 35.0 Å². The van der Waals surface area contributed by atoms with Gasteiger partial charge >= 0.3 is 0 Å². The molecule has 0 saturated heterocycles. The normalized spacial score (nSPS) is 11.2. The summed E-state index contributed by atoms with van der Waals surface area (Å²) in [5.74, 6) is 0.264. The van der Waals surface area contributed by atoms with E-state index in [-0.39, 0.29) is 11.6 Å². The number of aryl methyl sites for hydroxylation is 2. The molecule has 1 N–H and O–H groups in total. The van der Waals surface area contributed by atoms with Crippen molar-refractivity contribution in [2.45, 2.75) is 46.0 Å². The van der Waals surface area contributed by atoms with Gasteiger partial charge in [-0.2, -0.15) is 0 Å². The third kappa shape index (κ3) is 5.11. The minimum atomic E-state index is 0.127. The first-order chi connectivity index (χ1) is 16.4. The molecule has 0 radical (unpaired) electrons. The van der Waals surface area contributed by atoms with Gasteiger partial charge in [-0.3, -0.25) is 9.59 Å². The number of unbranched alkanes of at least 4 members (excludes halogenated alkanes) is 1. The standard InChI is InChI=1S/C29H27Cl2NO2/c1-3-26(33)22-8-6-7-21(17-22)19-11-13-20(14-12-19)27(34)10-5-4-9-23-18(2)32-29-25(31)16-15-24(30)28(23)29/h6-8,11-17,32H,3-5,9-10H2,1-2H3. The molecule has 0 saturated carbocycles. The maximum absolute atomic E-state index is 12.7. The van der Waals surface area contributed by atoms with Gasteiger partial charge in [0.1, 0.15) is 0 Å². The fourth-order valence-electron chi connectivity index (χ4n) is 4.39. The molecule has 34 heavy (non-hydrogen) atoms. The van der Waals surface area contributed by atoms with Crippen molar-refractivity contribution < 1.29 is 9.59 Å². The number of aromatic nitrogens is 1. The number of H-pyrrole nitrogens is 1. The number of nitrogens with one attached hydrogen (secondary N) is 1. The SMILES string of the molecule is CCC(=O)c1cccc(-c2ccc(C(=O)CCCCc3c(C)[nH]c4c(Cl)ccc(Cl)c34)cc2)c1. The van der Waals surface area contributed by atoms with Crippen LogP contribution in [-0.4, -0.2) is 16.6 Å². The predicted molar refractivity (Wildman–Crippen MR) is 141 cm³/mol. The highest BCUT2D eigenvalue weighted by Crippen LogP contribution is 2.34. The molecule has 174 valence electrons. The van der Waals surface area contributed by atoms with E-state index in [0.29, 0.717) is 34.0 Å². The lowest BCUT2D eigenvalue weighted by atomic mass is 9.97. The van der Waals surface area contributed by atoms with Gasteiger partial charge in [0.25, 0.3) is 0 Å². The van der Waals surface area contributed by atoms with E-state index >= 15 is 0 Å². The zero-order valence-corrected chi connectivity index (χ0v) is 20.9. The average molecular weight is 492 g/mol. The summed E-state index contributed by atoms with van der Waals surface area (Å²) >= 11 is 12.7. The second kappa shape index (κ2) is 10.6. The van der Waals surface area contributed by atoms with Crippen LogP contribution in [0.25, 0.3) is 22.0 Å². The molecular weight excluding hydrogens is 465 g/mol. The summed E-state index contributed by atoms with van der Waals surface area (Å²) < 4.78 is 0. The minimum Gasteiger partial charge on any atom is -0.357 e. The monoisotopic (exact) mass is 491 g/mol. The maximum atomic E-state index is 12.7. The lowest BCUT2D eigenvalue weighted by molar-refractivity contribution is 0.0975. The molecule has 0 amide bonds. The van der Waals surface area contributed by atoms with Crippen LogP contribution in [0.3, 0.4) is 0 Å². The first-order valence-corrected chi connectivity index (χ1v) is 12.4. The molecule has 1 aromatic heterocycles. The Labute approximate surface area is 210 Å². The zero-order chi connectivity index (χ0) is 24.2. The first-order valence-electron chi connectivity index (χ1n) is 11.6. The highest BCUT2D eigenvalue weighted by Gasteiger charge is 2.14. The third-order valence-electron chi connectivity index (χ3n) is 6.30. The van der Waals surface area contributed by atoms with Gasteiger partial charge in [0.2, 0.25) is 0 Å². The molecule has 0 fully saturated rings. The molecule has 0 bridgehead atoms. The van der Waals surface area contributed by atoms with Gasteiger partial charge < -0.3 is 4.98 Å². The molecule has 3 nitrogen and oxygen atoms in total. The van der Waals surface area contributed by atoms with Crippen LogP contribution in [0.1, 0.15) is 64.6 Å². The van der Waals surface area contributed by atoms with Crippen molar-refractivity contribution in [2.75, 3.05) is 0 Å². The third-order valence-corrected chi connectivity index (χ3v) is 6.93. The number of Topliss-reactive ketones (excluding diaryl/α,β-unsaturated/α-hetero) is 2. The van der Waals surface area contributed by atoms with Gasteiger partial charge in [-0.05, 0) is 61.1 Å². The summed E-state index contributed by atoms with van der Waals surface area (Å²) in [7, 11) is 0. The van der Waals surface area contributed by atoms with Crippen molar-refractivity contribution in [3.8, 4) is 11.1 Å².